The molecule has 2 unspecified atom stereocenters. The fourth-order valence-corrected chi connectivity index (χ4v) is 11.4. The Labute approximate surface area is 490 Å². The first-order chi connectivity index (χ1) is 38.7. The summed E-state index contributed by atoms with van der Waals surface area (Å²) in [5.74, 6) is -0.0559. The summed E-state index contributed by atoms with van der Waals surface area (Å²) in [6.07, 6.45) is 97.8. The molecule has 0 aliphatic carbocycles. The Bertz CT molecular complexity index is 1240. The normalized spacial score (nSPS) is 12.9. The summed E-state index contributed by atoms with van der Waals surface area (Å²) in [5, 5.41) is 23.3. The van der Waals surface area contributed by atoms with Crippen LogP contribution in [0.15, 0.2) is 48.6 Å². The van der Waals surface area contributed by atoms with Crippen molar-refractivity contribution in [2.24, 2.45) is 0 Å². The molecule has 4 nitrogen and oxygen atoms in total. The maximum absolute atomic E-state index is 12.5. The van der Waals surface area contributed by atoms with Crippen LogP contribution in [0.3, 0.4) is 0 Å². The third kappa shape index (κ3) is 65.2. The zero-order valence-electron chi connectivity index (χ0n) is 53.2. The zero-order chi connectivity index (χ0) is 56.2. The first-order valence-corrected chi connectivity index (χ1v) is 35.9. The minimum Gasteiger partial charge on any atom is -0.394 e. The van der Waals surface area contributed by atoms with Gasteiger partial charge in [0, 0.05) is 6.42 Å². The maximum Gasteiger partial charge on any atom is 0.220 e. The summed E-state index contributed by atoms with van der Waals surface area (Å²) in [7, 11) is 0. The molecule has 0 heterocycles. The smallest absolute Gasteiger partial charge is 0.220 e. The van der Waals surface area contributed by atoms with Crippen LogP contribution in [0, 0.1) is 0 Å². The van der Waals surface area contributed by atoms with E-state index < -0.39 is 12.1 Å². The summed E-state index contributed by atoms with van der Waals surface area (Å²) in [6.45, 7) is 4.34. The fourth-order valence-electron chi connectivity index (χ4n) is 11.4. The number of carbonyl (C=O) groups excluding carboxylic acids is 1. The third-order valence-corrected chi connectivity index (χ3v) is 16.8. The number of unbranched alkanes of at least 4 members (excludes halogenated alkanes) is 54. The lowest BCUT2D eigenvalue weighted by Gasteiger charge is -2.20. The molecule has 0 radical (unpaired) electrons. The van der Waals surface area contributed by atoms with E-state index in [9.17, 15) is 15.0 Å². The van der Waals surface area contributed by atoms with Gasteiger partial charge in [0.1, 0.15) is 0 Å². The number of hydrogen-bond acceptors (Lipinski definition) is 3. The summed E-state index contributed by atoms with van der Waals surface area (Å²) < 4.78 is 0. The second-order valence-corrected chi connectivity index (χ2v) is 24.7. The number of carbonyl (C=O) groups is 1. The topological polar surface area (TPSA) is 69.6 Å². The van der Waals surface area contributed by atoms with Crippen LogP contribution < -0.4 is 5.32 Å². The van der Waals surface area contributed by atoms with E-state index in [4.69, 9.17) is 0 Å². The number of hydrogen-bond donors (Lipinski definition) is 3. The predicted octanol–water partition coefficient (Wildman–Crippen LogP) is 24.5. The highest BCUT2D eigenvalue weighted by Crippen LogP contribution is 2.19. The summed E-state index contributed by atoms with van der Waals surface area (Å²) in [6, 6.07) is -0.623. The minimum atomic E-state index is -0.840. The lowest BCUT2D eigenvalue weighted by Crippen LogP contribution is -2.45. The van der Waals surface area contributed by atoms with E-state index in [0.717, 1.165) is 38.5 Å². The first-order valence-electron chi connectivity index (χ1n) is 35.9. The Hall–Kier alpha value is -1.65. The number of aliphatic hydroxyl groups is 2. The van der Waals surface area contributed by atoms with Crippen LogP contribution in [-0.4, -0.2) is 34.9 Å². The number of nitrogens with one attached hydrogen (secondary N) is 1. The second-order valence-electron chi connectivity index (χ2n) is 24.7. The van der Waals surface area contributed by atoms with Crippen LogP contribution in [0.4, 0.5) is 0 Å². The molecule has 0 fully saturated rings. The van der Waals surface area contributed by atoms with Crippen molar-refractivity contribution < 1.29 is 15.0 Å². The third-order valence-electron chi connectivity index (χ3n) is 16.8. The van der Waals surface area contributed by atoms with Crippen LogP contribution >= 0.6 is 0 Å². The van der Waals surface area contributed by atoms with Crippen molar-refractivity contribution in [3.8, 4) is 0 Å². The van der Waals surface area contributed by atoms with Gasteiger partial charge in [-0.05, 0) is 57.8 Å². The highest BCUT2D eigenvalue weighted by atomic mass is 16.3. The Kier molecular flexibility index (Phi) is 68.1. The Morgan fingerprint density at radius 3 is 0.782 bits per heavy atom. The summed E-state index contributed by atoms with van der Waals surface area (Å²) in [4.78, 5) is 12.5. The van der Waals surface area contributed by atoms with Gasteiger partial charge in [-0.2, -0.15) is 0 Å². The van der Waals surface area contributed by atoms with E-state index >= 15 is 0 Å². The number of allylic oxidation sites excluding steroid dienone is 7. The molecule has 78 heavy (non-hydrogen) atoms. The van der Waals surface area contributed by atoms with Crippen LogP contribution in [0.5, 0.6) is 0 Å². The minimum absolute atomic E-state index is 0.0559. The van der Waals surface area contributed by atoms with Crippen LogP contribution in [0.25, 0.3) is 0 Å². The van der Waals surface area contributed by atoms with Crippen molar-refractivity contribution in [2.75, 3.05) is 6.61 Å². The van der Waals surface area contributed by atoms with Crippen molar-refractivity contribution in [3.05, 3.63) is 48.6 Å². The molecule has 460 valence electrons. The van der Waals surface area contributed by atoms with Crippen molar-refractivity contribution in [1.82, 2.24) is 5.32 Å². The van der Waals surface area contributed by atoms with Gasteiger partial charge in [0.2, 0.25) is 5.91 Å². The molecule has 1 amide bonds. The summed E-state index contributed by atoms with van der Waals surface area (Å²) in [5.41, 5.74) is 0. The molecule has 0 bridgehead atoms. The van der Waals surface area contributed by atoms with E-state index in [2.05, 4.69) is 55.6 Å². The Morgan fingerprint density at radius 2 is 0.526 bits per heavy atom. The molecule has 3 N–H and O–H groups in total. The molecule has 0 saturated carbocycles. The molecule has 0 saturated heterocycles. The van der Waals surface area contributed by atoms with E-state index in [1.54, 1.807) is 6.08 Å². The van der Waals surface area contributed by atoms with Gasteiger partial charge in [0.25, 0.3) is 0 Å². The quantitative estimate of drug-likeness (QED) is 0.0420. The van der Waals surface area contributed by atoms with E-state index in [0.29, 0.717) is 6.42 Å². The molecule has 0 aliphatic heterocycles. The Balaban J connectivity index is 3.42. The highest BCUT2D eigenvalue weighted by Gasteiger charge is 2.18. The Morgan fingerprint density at radius 1 is 0.308 bits per heavy atom. The number of aliphatic hydroxyl groups excluding tert-OH is 2. The van der Waals surface area contributed by atoms with Crippen molar-refractivity contribution in [2.45, 2.75) is 411 Å². The first kappa shape index (κ1) is 76.3. The van der Waals surface area contributed by atoms with Crippen LogP contribution in [0.1, 0.15) is 399 Å². The van der Waals surface area contributed by atoms with Crippen molar-refractivity contribution in [3.63, 3.8) is 0 Å². The lowest BCUT2D eigenvalue weighted by molar-refractivity contribution is -0.123. The van der Waals surface area contributed by atoms with Gasteiger partial charge in [0.15, 0.2) is 0 Å². The van der Waals surface area contributed by atoms with E-state index in [1.807, 2.05) is 6.08 Å². The highest BCUT2D eigenvalue weighted by molar-refractivity contribution is 5.76. The molecule has 0 rings (SSSR count). The van der Waals surface area contributed by atoms with Gasteiger partial charge in [-0.15, -0.1) is 0 Å². The molecule has 4 heteroatoms. The fraction of sp³-hybridized carbons (Fsp3) is 0.878. The largest absolute Gasteiger partial charge is 0.394 e. The van der Waals surface area contributed by atoms with Gasteiger partial charge >= 0.3 is 0 Å². The lowest BCUT2D eigenvalue weighted by atomic mass is 10.0. The number of amides is 1. The zero-order valence-corrected chi connectivity index (χ0v) is 53.2. The standard InChI is InChI=1S/C74H141NO3/c1-3-5-7-9-11-13-15-17-19-21-23-25-27-29-31-33-34-35-36-37-38-39-40-42-44-46-48-50-52-54-56-58-60-62-64-66-68-70-74(78)75-72(71-76)73(77)69-67-65-63-61-59-57-55-53-51-49-47-45-43-41-32-30-28-26-24-22-20-18-16-14-12-10-8-6-4-2/h15,17,21,23,27,29,67,69,72-73,76-77H,3-14,16,18-20,22,24-26,28,30-66,68,70-71H2,1-2H3,(H,75,78)/b17-15-,23-21-,29-27-,69-67+. The number of rotatable bonds is 67. The van der Waals surface area contributed by atoms with Gasteiger partial charge < -0.3 is 15.5 Å². The van der Waals surface area contributed by atoms with Crippen LogP contribution in [-0.2, 0) is 4.79 Å². The molecular weight excluding hydrogens is 951 g/mol. The van der Waals surface area contributed by atoms with Gasteiger partial charge in [-0.1, -0.05) is 383 Å². The average molecular weight is 1090 g/mol. The average Bonchev–Trinajstić information content (AvgIpc) is 3.44. The maximum atomic E-state index is 12.5. The van der Waals surface area contributed by atoms with E-state index in [1.165, 1.54) is 340 Å². The second kappa shape index (κ2) is 69.6. The van der Waals surface area contributed by atoms with Crippen molar-refractivity contribution in [1.29, 1.82) is 0 Å². The summed E-state index contributed by atoms with van der Waals surface area (Å²) >= 11 is 0. The predicted molar refractivity (Wildman–Crippen MR) is 350 cm³/mol. The van der Waals surface area contributed by atoms with Gasteiger partial charge in [0.05, 0.1) is 18.8 Å². The molecule has 2 atom stereocenters. The molecule has 0 aromatic heterocycles. The SMILES string of the molecule is CCCCCCC/C=C\C/C=C\C/C=C\CCCCCCCCCCCCCCCCCCCCCCCCC(=O)NC(CO)C(O)/C=C/CCCCCCCCCCCCCCCCCCCCCCCCCCCCC. The molecule has 0 aromatic carbocycles. The molecule has 0 aromatic rings. The molecule has 0 spiro atoms. The van der Waals surface area contributed by atoms with Gasteiger partial charge in [-0.3, -0.25) is 4.79 Å². The van der Waals surface area contributed by atoms with Gasteiger partial charge in [-0.25, -0.2) is 0 Å². The van der Waals surface area contributed by atoms with Crippen molar-refractivity contribution >= 4 is 5.91 Å². The molecular formula is C74H141NO3. The van der Waals surface area contributed by atoms with E-state index in [-0.39, 0.29) is 12.5 Å². The monoisotopic (exact) mass is 1090 g/mol. The van der Waals surface area contributed by atoms with Crippen LogP contribution in [0.2, 0.25) is 0 Å². The molecule has 0 aliphatic rings.